The second-order valence-electron chi connectivity index (χ2n) is 9.14. The summed E-state index contributed by atoms with van der Waals surface area (Å²) in [6.45, 7) is 6.17. The molecule has 33 heavy (non-hydrogen) atoms. The Balaban J connectivity index is 2.52. The number of rotatable bonds is 17. The smallest absolute Gasteiger partial charge is 0.325 e. The van der Waals surface area contributed by atoms with E-state index < -0.39 is 24.0 Å². The Morgan fingerprint density at radius 2 is 1.58 bits per heavy atom. The van der Waals surface area contributed by atoms with Crippen LogP contribution in [0.2, 0.25) is 0 Å². The van der Waals surface area contributed by atoms with Crippen LogP contribution in [0.4, 0.5) is 0 Å². The maximum atomic E-state index is 12.7. The number of benzene rings is 1. The first-order valence-electron chi connectivity index (χ1n) is 12.1. The first-order chi connectivity index (χ1) is 15.7. The number of carbonyl (C=O) groups excluding carboxylic acids is 2. The average molecular weight is 463 g/mol. The monoisotopic (exact) mass is 462 g/mol. The number of carboxylic acid groups (broad SMARTS) is 1. The molecule has 7 heteroatoms. The van der Waals surface area contributed by atoms with Crippen LogP contribution >= 0.6 is 0 Å². The van der Waals surface area contributed by atoms with Crippen LogP contribution < -0.4 is 5.32 Å². The maximum absolute atomic E-state index is 12.7. The SMILES string of the molecule is CC(C)CCCCCCCCC(=O)N(C)[C@H](COCc1ccccc1)C(=O)N[C@H](C)C(=O)O. The second-order valence-corrected chi connectivity index (χ2v) is 9.14. The molecule has 0 heterocycles. The maximum Gasteiger partial charge on any atom is 0.325 e. The van der Waals surface area contributed by atoms with Gasteiger partial charge in [-0.1, -0.05) is 82.7 Å². The summed E-state index contributed by atoms with van der Waals surface area (Å²) in [5.41, 5.74) is 0.956. The molecule has 2 atom stereocenters. The fourth-order valence-corrected chi connectivity index (χ4v) is 3.48. The van der Waals surface area contributed by atoms with Crippen LogP contribution in [0.1, 0.15) is 77.7 Å². The fourth-order valence-electron chi connectivity index (χ4n) is 3.48. The molecule has 1 aromatic rings. The van der Waals surface area contributed by atoms with Crippen molar-refractivity contribution in [1.82, 2.24) is 10.2 Å². The highest BCUT2D eigenvalue weighted by atomic mass is 16.5. The van der Waals surface area contributed by atoms with Crippen LogP contribution in [-0.4, -0.2) is 53.5 Å². The van der Waals surface area contributed by atoms with Crippen LogP contribution in [0.15, 0.2) is 30.3 Å². The quantitative estimate of drug-likeness (QED) is 0.335. The number of nitrogens with one attached hydrogen (secondary N) is 1. The van der Waals surface area contributed by atoms with E-state index >= 15 is 0 Å². The van der Waals surface area contributed by atoms with E-state index in [1.165, 1.54) is 37.5 Å². The van der Waals surface area contributed by atoms with Gasteiger partial charge in [-0.15, -0.1) is 0 Å². The average Bonchev–Trinajstić information content (AvgIpc) is 2.78. The number of aliphatic carboxylic acids is 1. The predicted octanol–water partition coefficient (Wildman–Crippen LogP) is 4.40. The first-order valence-corrected chi connectivity index (χ1v) is 12.1. The third-order valence-electron chi connectivity index (χ3n) is 5.70. The summed E-state index contributed by atoms with van der Waals surface area (Å²) in [7, 11) is 1.58. The highest BCUT2D eigenvalue weighted by Gasteiger charge is 2.29. The van der Waals surface area contributed by atoms with Gasteiger partial charge in [-0.25, -0.2) is 0 Å². The van der Waals surface area contributed by atoms with Crippen LogP contribution in [0, 0.1) is 5.92 Å². The zero-order valence-electron chi connectivity index (χ0n) is 20.7. The summed E-state index contributed by atoms with van der Waals surface area (Å²) in [5.74, 6) is -1.05. The zero-order valence-corrected chi connectivity index (χ0v) is 20.7. The van der Waals surface area contributed by atoms with E-state index in [0.717, 1.165) is 30.7 Å². The van der Waals surface area contributed by atoms with Crippen LogP contribution in [-0.2, 0) is 25.7 Å². The molecule has 0 spiro atoms. The van der Waals surface area contributed by atoms with Crippen molar-refractivity contribution in [3.8, 4) is 0 Å². The number of amides is 2. The Labute approximate surface area is 198 Å². The van der Waals surface area contributed by atoms with Gasteiger partial charge in [-0.3, -0.25) is 14.4 Å². The van der Waals surface area contributed by atoms with Gasteiger partial charge >= 0.3 is 5.97 Å². The molecule has 1 rings (SSSR count). The highest BCUT2D eigenvalue weighted by Crippen LogP contribution is 2.13. The highest BCUT2D eigenvalue weighted by molar-refractivity contribution is 5.90. The van der Waals surface area contributed by atoms with Crippen molar-refractivity contribution in [2.75, 3.05) is 13.7 Å². The molecule has 2 N–H and O–H groups in total. The molecule has 0 bridgehead atoms. The Bertz CT molecular complexity index is 708. The molecule has 0 aliphatic carbocycles. The minimum absolute atomic E-state index is 0.00877. The molecule has 0 aliphatic rings. The third kappa shape index (κ3) is 12.4. The molecule has 0 unspecified atom stereocenters. The number of carboxylic acids is 1. The molecular weight excluding hydrogens is 420 g/mol. The molecule has 0 fully saturated rings. The fraction of sp³-hybridized carbons (Fsp3) is 0.654. The van der Waals surface area contributed by atoms with Gasteiger partial charge in [0.1, 0.15) is 12.1 Å². The molecule has 7 nitrogen and oxygen atoms in total. The van der Waals surface area contributed by atoms with Gasteiger partial charge in [0, 0.05) is 13.5 Å². The lowest BCUT2D eigenvalue weighted by Gasteiger charge is -2.28. The Morgan fingerprint density at radius 3 is 2.18 bits per heavy atom. The van der Waals surface area contributed by atoms with Gasteiger partial charge in [-0.2, -0.15) is 0 Å². The molecular formula is C26H42N2O5. The molecule has 2 amide bonds. The summed E-state index contributed by atoms with van der Waals surface area (Å²) in [6.07, 6.45) is 8.16. The molecule has 186 valence electrons. The summed E-state index contributed by atoms with van der Waals surface area (Å²) in [6, 6.07) is 7.60. The molecule has 0 aromatic heterocycles. The Hall–Kier alpha value is -2.41. The van der Waals surface area contributed by atoms with E-state index in [-0.39, 0.29) is 12.5 Å². The number of hydrogen-bond acceptors (Lipinski definition) is 4. The van der Waals surface area contributed by atoms with Crippen molar-refractivity contribution in [3.05, 3.63) is 35.9 Å². The number of nitrogens with zero attached hydrogens (tertiary/aromatic N) is 1. The van der Waals surface area contributed by atoms with Gasteiger partial charge in [0.2, 0.25) is 11.8 Å². The Morgan fingerprint density at radius 1 is 0.970 bits per heavy atom. The number of hydrogen-bond donors (Lipinski definition) is 2. The van der Waals surface area contributed by atoms with Gasteiger partial charge in [0.05, 0.1) is 13.2 Å². The summed E-state index contributed by atoms with van der Waals surface area (Å²) < 4.78 is 5.71. The molecule has 1 aromatic carbocycles. The summed E-state index contributed by atoms with van der Waals surface area (Å²) >= 11 is 0. The largest absolute Gasteiger partial charge is 0.480 e. The topological polar surface area (TPSA) is 95.9 Å². The summed E-state index contributed by atoms with van der Waals surface area (Å²) in [5, 5.41) is 11.6. The number of likely N-dealkylation sites (N-methyl/N-ethyl adjacent to an activating group) is 1. The van der Waals surface area contributed by atoms with E-state index in [2.05, 4.69) is 19.2 Å². The number of ether oxygens (including phenoxy) is 1. The van der Waals surface area contributed by atoms with Crippen molar-refractivity contribution in [3.63, 3.8) is 0 Å². The van der Waals surface area contributed by atoms with Crippen LogP contribution in [0.25, 0.3) is 0 Å². The minimum atomic E-state index is -1.13. The molecule has 0 radical (unpaired) electrons. The predicted molar refractivity (Wildman–Crippen MR) is 130 cm³/mol. The lowest BCUT2D eigenvalue weighted by Crippen LogP contribution is -2.53. The standard InChI is InChI=1S/C26H42N2O5/c1-20(2)14-10-7-5-6-8-13-17-24(29)28(4)23(25(30)27-21(3)26(31)32)19-33-18-22-15-11-9-12-16-22/h9,11-12,15-16,20-21,23H,5-8,10,13-14,17-19H2,1-4H3,(H,27,30)(H,31,32)/t21-,23-/m1/s1. The van der Waals surface area contributed by atoms with Crippen molar-refractivity contribution < 1.29 is 24.2 Å². The van der Waals surface area contributed by atoms with Gasteiger partial charge in [0.25, 0.3) is 0 Å². The number of unbranched alkanes of at least 4 members (excludes halogenated alkanes) is 5. The number of carbonyl (C=O) groups is 3. The van der Waals surface area contributed by atoms with Crippen LogP contribution in [0.3, 0.4) is 0 Å². The summed E-state index contributed by atoms with van der Waals surface area (Å²) in [4.78, 5) is 38.0. The molecule has 0 saturated carbocycles. The van der Waals surface area contributed by atoms with Crippen LogP contribution in [0.5, 0.6) is 0 Å². The van der Waals surface area contributed by atoms with E-state index in [1.807, 2.05) is 30.3 Å². The van der Waals surface area contributed by atoms with Gasteiger partial charge < -0.3 is 20.1 Å². The Kier molecular flexibility index (Phi) is 14.1. The lowest BCUT2D eigenvalue weighted by atomic mass is 10.0. The van der Waals surface area contributed by atoms with Gasteiger partial charge in [0.15, 0.2) is 0 Å². The van der Waals surface area contributed by atoms with E-state index in [1.54, 1.807) is 7.05 Å². The normalized spacial score (nSPS) is 12.9. The molecule has 0 saturated heterocycles. The van der Waals surface area contributed by atoms with E-state index in [4.69, 9.17) is 9.84 Å². The zero-order chi connectivity index (χ0) is 24.6. The van der Waals surface area contributed by atoms with E-state index in [0.29, 0.717) is 13.0 Å². The molecule has 0 aliphatic heterocycles. The lowest BCUT2D eigenvalue weighted by molar-refractivity contribution is -0.145. The van der Waals surface area contributed by atoms with Crippen molar-refractivity contribution in [2.45, 2.75) is 90.8 Å². The van der Waals surface area contributed by atoms with E-state index in [9.17, 15) is 14.4 Å². The minimum Gasteiger partial charge on any atom is -0.480 e. The van der Waals surface area contributed by atoms with Crippen molar-refractivity contribution in [2.24, 2.45) is 5.92 Å². The third-order valence-corrected chi connectivity index (χ3v) is 5.70. The second kappa shape index (κ2) is 16.2. The van der Waals surface area contributed by atoms with Crippen molar-refractivity contribution >= 4 is 17.8 Å². The van der Waals surface area contributed by atoms with Crippen molar-refractivity contribution in [1.29, 1.82) is 0 Å². The first kappa shape index (κ1) is 28.6. The van der Waals surface area contributed by atoms with Gasteiger partial charge in [-0.05, 0) is 24.8 Å².